The number of hydrazone groups is 1. The number of allylic oxidation sites excluding steroid dienone is 1. The lowest BCUT2D eigenvalue weighted by Gasteiger charge is -2.38. The lowest BCUT2D eigenvalue weighted by Crippen LogP contribution is -2.44. The van der Waals surface area contributed by atoms with Crippen molar-refractivity contribution in [2.45, 2.75) is 58.0 Å². The Hall–Kier alpha value is -2.55. The number of piperazine rings is 1. The molecule has 1 saturated heterocycles. The number of aliphatic imine (C=N–C) groups is 1. The van der Waals surface area contributed by atoms with E-state index in [4.69, 9.17) is 9.73 Å². The highest BCUT2D eigenvalue weighted by Crippen LogP contribution is 2.36. The first kappa shape index (κ1) is 24.2. The minimum absolute atomic E-state index is 0.240. The smallest absolute Gasteiger partial charge is 0.158 e. The van der Waals surface area contributed by atoms with Gasteiger partial charge in [0.15, 0.2) is 6.17 Å². The molecule has 0 amide bonds. The lowest BCUT2D eigenvalue weighted by atomic mass is 10.0. The second-order valence-corrected chi connectivity index (χ2v) is 11.1. The highest BCUT2D eigenvalue weighted by Gasteiger charge is 2.41. The Balaban J connectivity index is 1.42. The Labute approximate surface area is 208 Å². The Bertz CT molecular complexity index is 1020. The monoisotopic (exact) mass is 478 g/mol. The molecule has 2 atom stereocenters. The van der Waals surface area contributed by atoms with E-state index in [-0.39, 0.29) is 17.7 Å². The molecule has 8 heteroatoms. The zero-order valence-electron chi connectivity index (χ0n) is 21.4. The Kier molecular flexibility index (Phi) is 6.79. The SMILES string of the molecule is CN1CCN(Cc2cccc(C3=NC4[C@H](C=O)C=NN4C(N(COC(C)(C)C)C4CC4)=C3)c2)CC1. The quantitative estimate of drug-likeness (QED) is 0.423. The van der Waals surface area contributed by atoms with Crippen molar-refractivity contribution in [3.63, 3.8) is 0 Å². The predicted octanol–water partition coefficient (Wildman–Crippen LogP) is 2.76. The minimum atomic E-state index is -0.355. The second kappa shape index (κ2) is 9.84. The summed E-state index contributed by atoms with van der Waals surface area (Å²) >= 11 is 0. The van der Waals surface area contributed by atoms with Crippen LogP contribution in [0, 0.1) is 5.92 Å². The van der Waals surface area contributed by atoms with Gasteiger partial charge in [0.25, 0.3) is 0 Å². The molecule has 1 aliphatic carbocycles. The van der Waals surface area contributed by atoms with Gasteiger partial charge in [-0.3, -0.25) is 9.89 Å². The van der Waals surface area contributed by atoms with Crippen molar-refractivity contribution < 1.29 is 9.53 Å². The van der Waals surface area contributed by atoms with E-state index < -0.39 is 0 Å². The number of benzene rings is 1. The van der Waals surface area contributed by atoms with Crippen molar-refractivity contribution in [1.29, 1.82) is 0 Å². The first-order valence-electron chi connectivity index (χ1n) is 12.8. The van der Waals surface area contributed by atoms with E-state index in [0.29, 0.717) is 12.8 Å². The number of fused-ring (bicyclic) bond motifs is 1. The molecule has 5 rings (SSSR count). The maximum absolute atomic E-state index is 11.8. The molecular formula is C27H38N6O2. The maximum Gasteiger partial charge on any atom is 0.158 e. The van der Waals surface area contributed by atoms with E-state index >= 15 is 0 Å². The van der Waals surface area contributed by atoms with Gasteiger partial charge in [-0.15, -0.1) is 0 Å². The fraction of sp³-hybridized carbons (Fsp3) is 0.593. The van der Waals surface area contributed by atoms with E-state index in [1.807, 2.05) is 5.01 Å². The largest absolute Gasteiger partial charge is 0.355 e. The summed E-state index contributed by atoms with van der Waals surface area (Å²) in [6.45, 7) is 12.0. The van der Waals surface area contributed by atoms with Crippen LogP contribution in [0.1, 0.15) is 44.7 Å². The minimum Gasteiger partial charge on any atom is -0.355 e. The van der Waals surface area contributed by atoms with Gasteiger partial charge in [0.2, 0.25) is 0 Å². The van der Waals surface area contributed by atoms with Crippen molar-refractivity contribution >= 4 is 18.2 Å². The fourth-order valence-corrected chi connectivity index (χ4v) is 4.74. The van der Waals surface area contributed by atoms with Crippen LogP contribution in [0.25, 0.3) is 0 Å². The first-order valence-corrected chi connectivity index (χ1v) is 12.8. The normalized spacial score (nSPS) is 25.3. The third-order valence-corrected chi connectivity index (χ3v) is 7.03. The van der Waals surface area contributed by atoms with Crippen molar-refractivity contribution in [2.24, 2.45) is 16.0 Å². The van der Waals surface area contributed by atoms with Crippen LogP contribution < -0.4 is 0 Å². The van der Waals surface area contributed by atoms with E-state index in [1.54, 1.807) is 6.21 Å². The fourth-order valence-electron chi connectivity index (χ4n) is 4.74. The molecule has 0 radical (unpaired) electrons. The summed E-state index contributed by atoms with van der Waals surface area (Å²) in [5, 5.41) is 6.49. The van der Waals surface area contributed by atoms with Crippen molar-refractivity contribution in [3.8, 4) is 0 Å². The van der Waals surface area contributed by atoms with Gasteiger partial charge in [-0.25, -0.2) is 5.01 Å². The standard InChI is InChI=1S/C27H38N6O2/c1-27(2,3)35-19-32(23-8-9-23)25-15-24(29-26-22(18-34)16-28-33(25)26)21-7-5-6-20(14-21)17-31-12-10-30(4)11-13-31/h5-7,14-16,18,22-23,26H,8-13,17,19H2,1-4H3/t22-,26?/m0/s1. The number of ether oxygens (including phenoxy) is 1. The van der Waals surface area contributed by atoms with Crippen molar-refractivity contribution in [1.82, 2.24) is 19.7 Å². The van der Waals surface area contributed by atoms with Gasteiger partial charge < -0.3 is 19.3 Å². The van der Waals surface area contributed by atoms with Crippen LogP contribution in [0.15, 0.2) is 46.3 Å². The number of rotatable bonds is 8. The molecule has 4 aliphatic rings. The van der Waals surface area contributed by atoms with Gasteiger partial charge in [-0.05, 0) is 52.3 Å². The van der Waals surface area contributed by atoms with Gasteiger partial charge in [-0.1, -0.05) is 18.2 Å². The van der Waals surface area contributed by atoms with Crippen LogP contribution >= 0.6 is 0 Å². The van der Waals surface area contributed by atoms with Crippen LogP contribution in [0.3, 0.4) is 0 Å². The summed E-state index contributed by atoms with van der Waals surface area (Å²) in [4.78, 5) is 24.0. The molecule has 0 N–H and O–H groups in total. The number of carbonyl (C=O) groups is 1. The molecule has 35 heavy (non-hydrogen) atoms. The Morgan fingerprint density at radius 3 is 2.63 bits per heavy atom. The van der Waals surface area contributed by atoms with E-state index in [1.165, 1.54) is 5.56 Å². The van der Waals surface area contributed by atoms with Crippen LogP contribution in [0.5, 0.6) is 0 Å². The third kappa shape index (κ3) is 5.66. The first-order chi connectivity index (χ1) is 16.8. The molecule has 3 aliphatic heterocycles. The third-order valence-electron chi connectivity index (χ3n) is 7.03. The molecule has 1 aromatic rings. The van der Waals surface area contributed by atoms with E-state index in [0.717, 1.165) is 68.9 Å². The number of likely N-dealkylation sites (N-methyl/N-ethyl adjacent to an activating group) is 1. The summed E-state index contributed by atoms with van der Waals surface area (Å²) < 4.78 is 6.19. The summed E-state index contributed by atoms with van der Waals surface area (Å²) in [6, 6.07) is 9.11. The molecule has 1 aromatic carbocycles. The number of carbonyl (C=O) groups excluding carboxylic acids is 1. The summed E-state index contributed by atoms with van der Waals surface area (Å²) in [6.07, 6.45) is 6.72. The molecule has 3 heterocycles. The highest BCUT2D eigenvalue weighted by atomic mass is 16.5. The second-order valence-electron chi connectivity index (χ2n) is 11.1. The molecular weight excluding hydrogens is 440 g/mol. The summed E-state index contributed by atoms with van der Waals surface area (Å²) in [5.41, 5.74) is 3.03. The molecule has 8 nitrogen and oxygen atoms in total. The van der Waals surface area contributed by atoms with Gasteiger partial charge >= 0.3 is 0 Å². The number of aldehydes is 1. The molecule has 0 spiro atoms. The maximum atomic E-state index is 11.8. The molecule has 2 fully saturated rings. The van der Waals surface area contributed by atoms with Crippen LogP contribution in [0.4, 0.5) is 0 Å². The van der Waals surface area contributed by atoms with Gasteiger partial charge in [-0.2, -0.15) is 5.10 Å². The molecule has 188 valence electrons. The molecule has 0 bridgehead atoms. The number of nitrogens with zero attached hydrogens (tertiary/aromatic N) is 6. The van der Waals surface area contributed by atoms with E-state index in [2.05, 4.69) is 78.0 Å². The number of hydrogen-bond donors (Lipinski definition) is 0. The van der Waals surface area contributed by atoms with Gasteiger partial charge in [0.05, 0.1) is 17.2 Å². The van der Waals surface area contributed by atoms with E-state index in [9.17, 15) is 4.79 Å². The Morgan fingerprint density at radius 2 is 1.94 bits per heavy atom. The number of hydrogen-bond acceptors (Lipinski definition) is 8. The predicted molar refractivity (Wildman–Crippen MR) is 138 cm³/mol. The zero-order valence-corrected chi connectivity index (χ0v) is 21.4. The lowest BCUT2D eigenvalue weighted by molar-refractivity contribution is -0.110. The zero-order chi connectivity index (χ0) is 24.6. The summed E-state index contributed by atoms with van der Waals surface area (Å²) in [7, 11) is 2.18. The highest BCUT2D eigenvalue weighted by molar-refractivity contribution is 6.10. The summed E-state index contributed by atoms with van der Waals surface area (Å²) in [5.74, 6) is 0.614. The van der Waals surface area contributed by atoms with Crippen LogP contribution in [0.2, 0.25) is 0 Å². The van der Waals surface area contributed by atoms with Crippen LogP contribution in [-0.2, 0) is 16.1 Å². The molecule has 0 aromatic heterocycles. The van der Waals surface area contributed by atoms with Gasteiger partial charge in [0.1, 0.15) is 18.8 Å². The molecule has 1 unspecified atom stereocenters. The average Bonchev–Trinajstić information content (AvgIpc) is 3.58. The van der Waals surface area contributed by atoms with Crippen molar-refractivity contribution in [2.75, 3.05) is 40.0 Å². The van der Waals surface area contributed by atoms with Gasteiger partial charge in [0, 0.05) is 56.6 Å². The topological polar surface area (TPSA) is 64.0 Å². The Morgan fingerprint density at radius 1 is 1.17 bits per heavy atom. The van der Waals surface area contributed by atoms with Crippen LogP contribution in [-0.4, -0.2) is 95.7 Å². The average molecular weight is 479 g/mol. The van der Waals surface area contributed by atoms with Crippen molar-refractivity contribution in [3.05, 3.63) is 47.3 Å². The molecule has 1 saturated carbocycles.